The van der Waals surface area contributed by atoms with E-state index >= 15 is 0 Å². The zero-order valence-corrected chi connectivity index (χ0v) is 15.7. The number of nitrogens with zero attached hydrogens (tertiary/aromatic N) is 3. The van der Waals surface area contributed by atoms with Crippen molar-refractivity contribution in [1.29, 1.82) is 0 Å². The molecule has 1 saturated heterocycles. The van der Waals surface area contributed by atoms with E-state index in [0.29, 0.717) is 28.7 Å². The standard InChI is InChI=1S/C19H15ClN4O2S/c20-15-9-5-4-8-14(15)17(26)21-19-23-22-18(27-19)12-10-16(25)24(11-12)13-6-2-1-3-7-13/h1-9,12H,10-11H2,(H,21,23,26)/t12-/m0/s1. The van der Waals surface area contributed by atoms with Crippen molar-refractivity contribution >= 4 is 45.6 Å². The normalized spacial score (nSPS) is 16.6. The second-order valence-corrected chi connectivity index (χ2v) is 7.54. The maximum Gasteiger partial charge on any atom is 0.259 e. The average molecular weight is 399 g/mol. The second-order valence-electron chi connectivity index (χ2n) is 6.12. The number of hydrogen-bond donors (Lipinski definition) is 1. The Morgan fingerprint density at radius 2 is 1.85 bits per heavy atom. The van der Waals surface area contributed by atoms with Crippen LogP contribution in [-0.2, 0) is 4.79 Å². The summed E-state index contributed by atoms with van der Waals surface area (Å²) < 4.78 is 0. The van der Waals surface area contributed by atoms with E-state index in [9.17, 15) is 9.59 Å². The Hall–Kier alpha value is -2.77. The van der Waals surface area contributed by atoms with Crippen LogP contribution in [0.15, 0.2) is 54.6 Å². The van der Waals surface area contributed by atoms with Gasteiger partial charge in [-0.2, -0.15) is 0 Å². The molecule has 0 unspecified atom stereocenters. The molecule has 8 heteroatoms. The molecule has 0 spiro atoms. The smallest absolute Gasteiger partial charge is 0.259 e. The molecule has 0 aliphatic carbocycles. The molecule has 2 amide bonds. The summed E-state index contributed by atoms with van der Waals surface area (Å²) in [5, 5.41) is 12.4. The quantitative estimate of drug-likeness (QED) is 0.721. The van der Waals surface area contributed by atoms with E-state index in [0.717, 1.165) is 10.7 Å². The average Bonchev–Trinajstić information content (AvgIpc) is 3.29. The molecule has 2 aromatic carbocycles. The van der Waals surface area contributed by atoms with Crippen LogP contribution in [0.5, 0.6) is 0 Å². The number of carbonyl (C=O) groups excluding carboxylic acids is 2. The Bertz CT molecular complexity index is 992. The fourth-order valence-corrected chi connectivity index (χ4v) is 4.04. The van der Waals surface area contributed by atoms with Crippen molar-refractivity contribution in [3.05, 3.63) is 70.2 Å². The van der Waals surface area contributed by atoms with Crippen molar-refractivity contribution < 1.29 is 9.59 Å². The number of anilines is 2. The topological polar surface area (TPSA) is 75.2 Å². The highest BCUT2D eigenvalue weighted by molar-refractivity contribution is 7.15. The molecule has 0 radical (unpaired) electrons. The largest absolute Gasteiger partial charge is 0.312 e. The number of para-hydroxylation sites is 1. The van der Waals surface area contributed by atoms with Gasteiger partial charge < -0.3 is 4.90 Å². The van der Waals surface area contributed by atoms with Crippen LogP contribution in [0.4, 0.5) is 10.8 Å². The summed E-state index contributed by atoms with van der Waals surface area (Å²) in [5.74, 6) is -0.319. The first-order chi connectivity index (χ1) is 13.1. The molecule has 1 aliphatic heterocycles. The lowest BCUT2D eigenvalue weighted by Crippen LogP contribution is -2.24. The Balaban J connectivity index is 1.46. The molecule has 1 aromatic heterocycles. The number of halogens is 1. The lowest BCUT2D eigenvalue weighted by Gasteiger charge is -2.15. The molecule has 0 bridgehead atoms. The highest BCUT2D eigenvalue weighted by Crippen LogP contribution is 2.34. The Morgan fingerprint density at radius 3 is 2.63 bits per heavy atom. The highest BCUT2D eigenvalue weighted by Gasteiger charge is 2.33. The molecule has 6 nitrogen and oxygen atoms in total. The van der Waals surface area contributed by atoms with Crippen LogP contribution < -0.4 is 10.2 Å². The van der Waals surface area contributed by atoms with Gasteiger partial charge in [0.25, 0.3) is 5.91 Å². The van der Waals surface area contributed by atoms with Gasteiger partial charge in [0.2, 0.25) is 11.0 Å². The van der Waals surface area contributed by atoms with Crippen LogP contribution >= 0.6 is 22.9 Å². The molecule has 1 fully saturated rings. The molecular formula is C19H15ClN4O2S. The Morgan fingerprint density at radius 1 is 1.11 bits per heavy atom. The number of rotatable bonds is 4. The minimum absolute atomic E-state index is 0.0406. The summed E-state index contributed by atoms with van der Waals surface area (Å²) >= 11 is 7.33. The summed E-state index contributed by atoms with van der Waals surface area (Å²) in [6, 6.07) is 16.4. The van der Waals surface area contributed by atoms with Crippen molar-refractivity contribution in [1.82, 2.24) is 10.2 Å². The summed E-state index contributed by atoms with van der Waals surface area (Å²) in [6.07, 6.45) is 0.377. The van der Waals surface area contributed by atoms with Gasteiger partial charge >= 0.3 is 0 Å². The molecule has 136 valence electrons. The highest BCUT2D eigenvalue weighted by atomic mass is 35.5. The van der Waals surface area contributed by atoms with Crippen LogP contribution in [-0.4, -0.2) is 28.6 Å². The fourth-order valence-electron chi connectivity index (χ4n) is 2.99. The first-order valence-corrected chi connectivity index (χ1v) is 9.56. The molecule has 3 aromatic rings. The summed E-state index contributed by atoms with van der Waals surface area (Å²) in [7, 11) is 0. The van der Waals surface area contributed by atoms with Crippen LogP contribution in [0.3, 0.4) is 0 Å². The van der Waals surface area contributed by atoms with Gasteiger partial charge in [0.05, 0.1) is 10.6 Å². The van der Waals surface area contributed by atoms with Gasteiger partial charge in [0.15, 0.2) is 0 Å². The lowest BCUT2D eigenvalue weighted by molar-refractivity contribution is -0.117. The van der Waals surface area contributed by atoms with Crippen LogP contribution in [0.25, 0.3) is 0 Å². The van der Waals surface area contributed by atoms with Crippen molar-refractivity contribution in [2.75, 3.05) is 16.8 Å². The van der Waals surface area contributed by atoms with E-state index in [4.69, 9.17) is 11.6 Å². The third kappa shape index (κ3) is 3.70. The predicted molar refractivity (Wildman–Crippen MR) is 105 cm³/mol. The third-order valence-electron chi connectivity index (χ3n) is 4.32. The van der Waals surface area contributed by atoms with Gasteiger partial charge in [-0.15, -0.1) is 10.2 Å². The molecule has 1 N–H and O–H groups in total. The minimum Gasteiger partial charge on any atom is -0.312 e. The van der Waals surface area contributed by atoms with Crippen LogP contribution in [0, 0.1) is 0 Å². The first kappa shape index (κ1) is 17.6. The summed E-state index contributed by atoms with van der Waals surface area (Å²) in [4.78, 5) is 26.5. The van der Waals surface area contributed by atoms with E-state index in [-0.39, 0.29) is 17.7 Å². The number of amides is 2. The number of hydrogen-bond acceptors (Lipinski definition) is 5. The van der Waals surface area contributed by atoms with Gasteiger partial charge in [-0.3, -0.25) is 14.9 Å². The summed E-state index contributed by atoms with van der Waals surface area (Å²) in [5.41, 5.74) is 1.25. The van der Waals surface area contributed by atoms with Gasteiger partial charge in [0, 0.05) is 24.6 Å². The molecule has 27 heavy (non-hydrogen) atoms. The lowest BCUT2D eigenvalue weighted by atomic mass is 10.1. The van der Waals surface area contributed by atoms with Gasteiger partial charge in [0.1, 0.15) is 5.01 Å². The SMILES string of the molecule is O=C(Nc1nnc([C@H]2CC(=O)N(c3ccccc3)C2)s1)c1ccccc1Cl. The van der Waals surface area contributed by atoms with E-state index in [1.54, 1.807) is 29.2 Å². The van der Waals surface area contributed by atoms with Crippen LogP contribution in [0.2, 0.25) is 5.02 Å². The fraction of sp³-hybridized carbons (Fsp3) is 0.158. The predicted octanol–water partition coefficient (Wildman–Crippen LogP) is 3.96. The maximum atomic E-state index is 12.4. The van der Waals surface area contributed by atoms with Crippen molar-refractivity contribution in [3.63, 3.8) is 0 Å². The van der Waals surface area contributed by atoms with Crippen molar-refractivity contribution in [3.8, 4) is 0 Å². The van der Waals surface area contributed by atoms with E-state index in [1.807, 2.05) is 30.3 Å². The number of nitrogens with one attached hydrogen (secondary N) is 1. The zero-order chi connectivity index (χ0) is 18.8. The van der Waals surface area contributed by atoms with Gasteiger partial charge in [-0.1, -0.05) is 53.3 Å². The molecular weight excluding hydrogens is 384 g/mol. The van der Waals surface area contributed by atoms with Gasteiger partial charge in [-0.05, 0) is 24.3 Å². The van der Waals surface area contributed by atoms with Crippen LogP contribution in [0.1, 0.15) is 27.7 Å². The Labute approximate surface area is 164 Å². The molecule has 1 aliphatic rings. The maximum absolute atomic E-state index is 12.4. The Kier molecular flexibility index (Phi) is 4.87. The van der Waals surface area contributed by atoms with Gasteiger partial charge in [-0.25, -0.2) is 0 Å². The number of carbonyl (C=O) groups is 2. The van der Waals surface area contributed by atoms with E-state index in [2.05, 4.69) is 15.5 Å². The second kappa shape index (κ2) is 7.46. The zero-order valence-electron chi connectivity index (χ0n) is 14.1. The minimum atomic E-state index is -0.336. The molecule has 0 saturated carbocycles. The molecule has 1 atom stereocenters. The third-order valence-corrected chi connectivity index (χ3v) is 5.65. The number of aromatic nitrogens is 2. The van der Waals surface area contributed by atoms with E-state index in [1.165, 1.54) is 11.3 Å². The molecule has 4 rings (SSSR count). The molecule has 2 heterocycles. The first-order valence-electron chi connectivity index (χ1n) is 8.36. The number of benzene rings is 2. The summed E-state index contributed by atoms with van der Waals surface area (Å²) in [6.45, 7) is 0.552. The van der Waals surface area contributed by atoms with Crippen molar-refractivity contribution in [2.24, 2.45) is 0 Å². The monoisotopic (exact) mass is 398 g/mol. The van der Waals surface area contributed by atoms with E-state index < -0.39 is 0 Å². The van der Waals surface area contributed by atoms with Crippen molar-refractivity contribution in [2.45, 2.75) is 12.3 Å².